The summed E-state index contributed by atoms with van der Waals surface area (Å²) in [4.78, 5) is 2.51. The van der Waals surface area contributed by atoms with Gasteiger partial charge in [0, 0.05) is 24.7 Å². The molecule has 76 valence electrons. The number of hydrogen-bond donors (Lipinski definition) is 1. The molecule has 13 heavy (non-hydrogen) atoms. The van der Waals surface area contributed by atoms with Crippen LogP contribution in [-0.2, 0) is 0 Å². The van der Waals surface area contributed by atoms with Crippen molar-refractivity contribution in [2.24, 2.45) is 5.73 Å². The molecular formula is C11H22N2. The smallest absolute Gasteiger partial charge is 0.0235 e. The molecule has 0 saturated heterocycles. The van der Waals surface area contributed by atoms with Crippen LogP contribution >= 0.6 is 0 Å². The quantitative estimate of drug-likeness (QED) is 0.578. The van der Waals surface area contributed by atoms with Crippen molar-refractivity contribution in [3.63, 3.8) is 0 Å². The topological polar surface area (TPSA) is 29.3 Å². The average molecular weight is 182 g/mol. The van der Waals surface area contributed by atoms with Gasteiger partial charge in [0.15, 0.2) is 0 Å². The normalized spacial score (nSPS) is 26.9. The second-order valence-electron chi connectivity index (χ2n) is 4.83. The van der Waals surface area contributed by atoms with Gasteiger partial charge < -0.3 is 5.73 Å². The van der Waals surface area contributed by atoms with Crippen LogP contribution in [-0.4, -0.2) is 29.6 Å². The second kappa shape index (κ2) is 4.25. The molecule has 0 aromatic heterocycles. The van der Waals surface area contributed by atoms with Crippen molar-refractivity contribution in [3.05, 3.63) is 12.2 Å². The van der Waals surface area contributed by atoms with Gasteiger partial charge in [-0.25, -0.2) is 0 Å². The number of nitrogens with zero attached hydrogens (tertiary/aromatic N) is 1. The van der Waals surface area contributed by atoms with E-state index in [1.165, 1.54) is 0 Å². The van der Waals surface area contributed by atoms with Gasteiger partial charge in [-0.3, -0.25) is 4.90 Å². The Kier molecular flexibility index (Phi) is 3.51. The third kappa shape index (κ3) is 3.49. The fourth-order valence-corrected chi connectivity index (χ4v) is 1.69. The highest BCUT2D eigenvalue weighted by atomic mass is 15.2. The lowest BCUT2D eigenvalue weighted by Gasteiger charge is -2.36. The van der Waals surface area contributed by atoms with Crippen LogP contribution in [0.15, 0.2) is 12.2 Å². The van der Waals surface area contributed by atoms with Crippen molar-refractivity contribution in [1.82, 2.24) is 4.90 Å². The molecule has 1 aliphatic rings. The molecule has 0 aliphatic carbocycles. The van der Waals surface area contributed by atoms with Crippen molar-refractivity contribution in [3.8, 4) is 0 Å². The summed E-state index contributed by atoms with van der Waals surface area (Å²) in [6.45, 7) is 9.08. The Balaban J connectivity index is 2.55. The Hall–Kier alpha value is -0.340. The Morgan fingerprint density at radius 1 is 1.31 bits per heavy atom. The molecule has 1 atom stereocenters. The van der Waals surface area contributed by atoms with E-state index < -0.39 is 0 Å². The molecule has 0 aromatic carbocycles. The van der Waals surface area contributed by atoms with Crippen LogP contribution in [0.2, 0.25) is 0 Å². The predicted octanol–water partition coefficient (Wildman–Crippen LogP) is 1.76. The first-order valence-corrected chi connectivity index (χ1v) is 5.17. The molecule has 0 unspecified atom stereocenters. The second-order valence-corrected chi connectivity index (χ2v) is 4.83. The minimum absolute atomic E-state index is 0.255. The van der Waals surface area contributed by atoms with E-state index in [4.69, 9.17) is 5.73 Å². The van der Waals surface area contributed by atoms with Gasteiger partial charge in [0.25, 0.3) is 0 Å². The van der Waals surface area contributed by atoms with Gasteiger partial charge in [0.1, 0.15) is 0 Å². The zero-order chi connectivity index (χ0) is 9.90. The molecule has 1 rings (SSSR count). The fourth-order valence-electron chi connectivity index (χ4n) is 1.69. The van der Waals surface area contributed by atoms with Gasteiger partial charge in [-0.15, -0.1) is 0 Å². The lowest BCUT2D eigenvalue weighted by Crippen LogP contribution is -2.44. The molecule has 0 fully saturated rings. The Bertz CT molecular complexity index is 179. The summed E-state index contributed by atoms with van der Waals surface area (Å²) in [5, 5.41) is 0. The average Bonchev–Trinajstić information content (AvgIpc) is 1.94. The highest BCUT2D eigenvalue weighted by Gasteiger charge is 2.21. The number of nitrogens with two attached hydrogens (primary N) is 1. The molecule has 2 heteroatoms. The summed E-state index contributed by atoms with van der Waals surface area (Å²) < 4.78 is 0. The Morgan fingerprint density at radius 3 is 2.62 bits per heavy atom. The van der Waals surface area contributed by atoms with E-state index >= 15 is 0 Å². The van der Waals surface area contributed by atoms with E-state index in [1.54, 1.807) is 0 Å². The van der Waals surface area contributed by atoms with Gasteiger partial charge in [-0.2, -0.15) is 0 Å². The molecule has 0 aromatic rings. The Morgan fingerprint density at radius 2 is 2.00 bits per heavy atom. The fraction of sp³-hybridized carbons (Fsp3) is 0.818. The van der Waals surface area contributed by atoms with Gasteiger partial charge in [0.05, 0.1) is 0 Å². The predicted molar refractivity (Wildman–Crippen MR) is 57.7 cm³/mol. The SMILES string of the molecule is CC(C)(C)N1CCC=C[C@@H](N)CC1. The van der Waals surface area contributed by atoms with Crippen molar-refractivity contribution in [1.29, 1.82) is 0 Å². The van der Waals surface area contributed by atoms with E-state index in [0.717, 1.165) is 25.9 Å². The zero-order valence-corrected chi connectivity index (χ0v) is 9.09. The van der Waals surface area contributed by atoms with E-state index in [-0.39, 0.29) is 11.6 Å². The first-order chi connectivity index (χ1) is 6.00. The first-order valence-electron chi connectivity index (χ1n) is 5.17. The Labute approximate surface area is 81.8 Å². The van der Waals surface area contributed by atoms with E-state index in [0.29, 0.717) is 0 Å². The lowest BCUT2D eigenvalue weighted by molar-refractivity contribution is 0.134. The van der Waals surface area contributed by atoms with Gasteiger partial charge in [-0.1, -0.05) is 12.2 Å². The van der Waals surface area contributed by atoms with Crippen molar-refractivity contribution in [2.45, 2.75) is 45.2 Å². The number of rotatable bonds is 0. The van der Waals surface area contributed by atoms with Crippen LogP contribution in [0.4, 0.5) is 0 Å². The van der Waals surface area contributed by atoms with Crippen LogP contribution in [0.1, 0.15) is 33.6 Å². The van der Waals surface area contributed by atoms with Crippen LogP contribution in [0.5, 0.6) is 0 Å². The third-order valence-corrected chi connectivity index (χ3v) is 2.63. The van der Waals surface area contributed by atoms with E-state index in [1.807, 2.05) is 0 Å². The minimum Gasteiger partial charge on any atom is -0.324 e. The van der Waals surface area contributed by atoms with Gasteiger partial charge in [-0.05, 0) is 33.6 Å². The third-order valence-electron chi connectivity index (χ3n) is 2.63. The molecule has 2 nitrogen and oxygen atoms in total. The molecular weight excluding hydrogens is 160 g/mol. The molecule has 2 N–H and O–H groups in total. The van der Waals surface area contributed by atoms with Crippen LogP contribution in [0, 0.1) is 0 Å². The minimum atomic E-state index is 0.255. The first kappa shape index (κ1) is 10.7. The molecule has 0 saturated carbocycles. The summed E-state index contributed by atoms with van der Waals surface area (Å²) in [7, 11) is 0. The maximum atomic E-state index is 5.90. The van der Waals surface area contributed by atoms with Crippen molar-refractivity contribution >= 4 is 0 Å². The number of hydrogen-bond acceptors (Lipinski definition) is 2. The molecule has 0 spiro atoms. The van der Waals surface area contributed by atoms with Crippen LogP contribution in [0.25, 0.3) is 0 Å². The summed E-state index contributed by atoms with van der Waals surface area (Å²) in [5.41, 5.74) is 6.18. The zero-order valence-electron chi connectivity index (χ0n) is 9.09. The lowest BCUT2D eigenvalue weighted by atomic mass is 10.0. The summed E-state index contributed by atoms with van der Waals surface area (Å²) >= 11 is 0. The summed E-state index contributed by atoms with van der Waals surface area (Å²) in [6, 6.07) is 0.255. The van der Waals surface area contributed by atoms with Crippen molar-refractivity contribution < 1.29 is 0 Å². The van der Waals surface area contributed by atoms with Crippen LogP contribution in [0.3, 0.4) is 0 Å². The summed E-state index contributed by atoms with van der Waals surface area (Å²) in [6.07, 6.45) is 6.56. The van der Waals surface area contributed by atoms with E-state index in [9.17, 15) is 0 Å². The maximum Gasteiger partial charge on any atom is 0.0235 e. The molecule has 1 aliphatic heterocycles. The highest BCUT2D eigenvalue weighted by molar-refractivity contribution is 4.95. The standard InChI is InChI=1S/C11H22N2/c1-11(2,3)13-8-5-4-6-10(12)7-9-13/h4,6,10H,5,7-9,12H2,1-3H3/t10-/m1/s1. The van der Waals surface area contributed by atoms with Gasteiger partial charge in [0.2, 0.25) is 0 Å². The van der Waals surface area contributed by atoms with Gasteiger partial charge >= 0.3 is 0 Å². The monoisotopic (exact) mass is 182 g/mol. The molecule has 0 radical (unpaired) electrons. The maximum absolute atomic E-state index is 5.90. The van der Waals surface area contributed by atoms with Crippen LogP contribution < -0.4 is 5.73 Å². The molecule has 0 amide bonds. The largest absolute Gasteiger partial charge is 0.324 e. The molecule has 0 bridgehead atoms. The van der Waals surface area contributed by atoms with E-state index in [2.05, 4.69) is 37.8 Å². The highest BCUT2D eigenvalue weighted by Crippen LogP contribution is 2.16. The molecule has 1 heterocycles. The van der Waals surface area contributed by atoms with Crippen molar-refractivity contribution in [2.75, 3.05) is 13.1 Å². The summed E-state index contributed by atoms with van der Waals surface area (Å²) in [5.74, 6) is 0.